The van der Waals surface area contributed by atoms with Crippen LogP contribution in [0.15, 0.2) is 18.2 Å². The van der Waals surface area contributed by atoms with Gasteiger partial charge in [-0.15, -0.1) is 0 Å². The zero-order valence-electron chi connectivity index (χ0n) is 8.53. The summed E-state index contributed by atoms with van der Waals surface area (Å²) >= 11 is 3.18. The third-order valence-corrected chi connectivity index (χ3v) is 2.18. The lowest BCUT2D eigenvalue weighted by molar-refractivity contribution is -0.385. The van der Waals surface area contributed by atoms with Crippen LogP contribution >= 0.6 is 15.9 Å². The van der Waals surface area contributed by atoms with Gasteiger partial charge in [0.25, 0.3) is 5.69 Å². The van der Waals surface area contributed by atoms with E-state index in [0.717, 1.165) is 5.56 Å². The maximum absolute atomic E-state index is 10.5. The highest BCUT2D eigenvalue weighted by molar-refractivity contribution is 9.08. The van der Waals surface area contributed by atoms with Gasteiger partial charge in [-0.05, 0) is 11.6 Å². The number of benzene rings is 1. The van der Waals surface area contributed by atoms with Crippen LogP contribution in [-0.4, -0.2) is 4.92 Å². The second kappa shape index (κ2) is 6.96. The zero-order valence-corrected chi connectivity index (χ0v) is 10.1. The summed E-state index contributed by atoms with van der Waals surface area (Å²) in [5.74, 6) is 0. The van der Waals surface area contributed by atoms with Gasteiger partial charge in [0, 0.05) is 11.4 Å². The molecule has 0 aliphatic rings. The average Bonchev–Trinajstić information content (AvgIpc) is 2.30. The van der Waals surface area contributed by atoms with Gasteiger partial charge >= 0.3 is 0 Å². The van der Waals surface area contributed by atoms with E-state index < -0.39 is 4.92 Å². The molecule has 0 N–H and O–H groups in total. The number of rotatable bonds is 2. The van der Waals surface area contributed by atoms with Crippen LogP contribution in [0.5, 0.6) is 0 Å². The summed E-state index contributed by atoms with van der Waals surface area (Å²) in [4.78, 5) is 9.94. The fourth-order valence-corrected chi connectivity index (χ4v) is 1.25. The summed E-state index contributed by atoms with van der Waals surface area (Å²) in [6.45, 7) is 4.00. The monoisotopic (exact) mass is 270 g/mol. The van der Waals surface area contributed by atoms with Gasteiger partial charge in [0.2, 0.25) is 0 Å². The average molecular weight is 271 g/mol. The SMILES string of the molecule is CC.N#Cc1ccc(CBr)cc1[N+](=O)[O-]. The quantitative estimate of drug-likeness (QED) is 0.470. The van der Waals surface area contributed by atoms with Crippen molar-refractivity contribution in [2.24, 2.45) is 0 Å². The molecule has 5 heteroatoms. The first-order chi connectivity index (χ1) is 7.19. The maximum Gasteiger partial charge on any atom is 0.287 e. The third-order valence-electron chi connectivity index (χ3n) is 1.53. The van der Waals surface area contributed by atoms with Gasteiger partial charge in [0.1, 0.15) is 11.6 Å². The smallest absolute Gasteiger partial charge is 0.258 e. The van der Waals surface area contributed by atoms with Crippen molar-refractivity contribution in [3.63, 3.8) is 0 Å². The maximum atomic E-state index is 10.5. The number of alkyl halides is 1. The van der Waals surface area contributed by atoms with E-state index in [2.05, 4.69) is 15.9 Å². The number of nitriles is 1. The van der Waals surface area contributed by atoms with Gasteiger partial charge in [-0.3, -0.25) is 10.1 Å². The van der Waals surface area contributed by atoms with Crippen molar-refractivity contribution < 1.29 is 4.92 Å². The topological polar surface area (TPSA) is 66.9 Å². The molecule has 80 valence electrons. The van der Waals surface area contributed by atoms with Crippen molar-refractivity contribution in [1.82, 2.24) is 0 Å². The summed E-state index contributed by atoms with van der Waals surface area (Å²) < 4.78 is 0. The van der Waals surface area contributed by atoms with Gasteiger partial charge in [-0.25, -0.2) is 0 Å². The molecule has 0 saturated heterocycles. The van der Waals surface area contributed by atoms with Gasteiger partial charge in [-0.1, -0.05) is 35.8 Å². The summed E-state index contributed by atoms with van der Waals surface area (Å²) in [6, 6.07) is 6.30. The first-order valence-electron chi connectivity index (χ1n) is 4.42. The molecule has 0 saturated carbocycles. The molecular formula is C10H11BrN2O2. The van der Waals surface area contributed by atoms with Crippen LogP contribution in [0.3, 0.4) is 0 Å². The van der Waals surface area contributed by atoms with E-state index in [9.17, 15) is 10.1 Å². The highest BCUT2D eigenvalue weighted by Gasteiger charge is 2.13. The second-order valence-corrected chi connectivity index (χ2v) is 2.91. The van der Waals surface area contributed by atoms with E-state index in [1.807, 2.05) is 13.8 Å². The lowest BCUT2D eigenvalue weighted by Crippen LogP contribution is -1.93. The zero-order chi connectivity index (χ0) is 11.8. The van der Waals surface area contributed by atoms with E-state index >= 15 is 0 Å². The first-order valence-corrected chi connectivity index (χ1v) is 5.54. The predicted octanol–water partition coefficient (Wildman–Crippen LogP) is 3.39. The number of nitrogens with zero attached hydrogens (tertiary/aromatic N) is 2. The molecular weight excluding hydrogens is 260 g/mol. The highest BCUT2D eigenvalue weighted by atomic mass is 79.9. The fourth-order valence-electron chi connectivity index (χ4n) is 0.906. The van der Waals surface area contributed by atoms with Gasteiger partial charge in [-0.2, -0.15) is 5.26 Å². The highest BCUT2D eigenvalue weighted by Crippen LogP contribution is 2.20. The van der Waals surface area contributed by atoms with Crippen molar-refractivity contribution in [3.8, 4) is 6.07 Å². The van der Waals surface area contributed by atoms with Gasteiger partial charge in [0.15, 0.2) is 0 Å². The molecule has 0 amide bonds. The Hall–Kier alpha value is -1.41. The summed E-state index contributed by atoms with van der Waals surface area (Å²) in [6.07, 6.45) is 0. The Kier molecular flexibility index (Phi) is 6.30. The first kappa shape index (κ1) is 13.6. The second-order valence-electron chi connectivity index (χ2n) is 2.35. The van der Waals surface area contributed by atoms with Gasteiger partial charge in [0.05, 0.1) is 4.92 Å². The van der Waals surface area contributed by atoms with Crippen LogP contribution in [0.2, 0.25) is 0 Å². The molecule has 0 fully saturated rings. The molecule has 0 heterocycles. The molecule has 1 aromatic rings. The van der Waals surface area contributed by atoms with E-state index in [1.165, 1.54) is 12.1 Å². The van der Waals surface area contributed by atoms with E-state index in [1.54, 1.807) is 12.1 Å². The molecule has 0 aliphatic heterocycles. The van der Waals surface area contributed by atoms with Gasteiger partial charge < -0.3 is 0 Å². The van der Waals surface area contributed by atoms with Crippen molar-refractivity contribution in [3.05, 3.63) is 39.4 Å². The number of nitro benzene ring substituents is 1. The minimum Gasteiger partial charge on any atom is -0.258 e. The number of nitro groups is 1. The van der Waals surface area contributed by atoms with Crippen molar-refractivity contribution in [2.45, 2.75) is 19.2 Å². The summed E-state index contributed by atoms with van der Waals surface area (Å²) in [7, 11) is 0. The molecule has 0 aliphatic carbocycles. The molecule has 4 nitrogen and oxygen atoms in total. The molecule has 0 unspecified atom stereocenters. The lowest BCUT2D eigenvalue weighted by atomic mass is 10.1. The lowest BCUT2D eigenvalue weighted by Gasteiger charge is -1.96. The van der Waals surface area contributed by atoms with E-state index in [0.29, 0.717) is 5.33 Å². The third kappa shape index (κ3) is 3.68. The number of halogens is 1. The Morgan fingerprint density at radius 1 is 1.53 bits per heavy atom. The minimum absolute atomic E-state index is 0.0923. The summed E-state index contributed by atoms with van der Waals surface area (Å²) in [5, 5.41) is 19.6. The Morgan fingerprint density at radius 2 is 2.13 bits per heavy atom. The number of hydrogen-bond donors (Lipinski definition) is 0. The molecule has 0 aromatic heterocycles. The molecule has 0 bridgehead atoms. The molecule has 15 heavy (non-hydrogen) atoms. The Balaban J connectivity index is 0.000000921. The van der Waals surface area contributed by atoms with Crippen molar-refractivity contribution >= 4 is 21.6 Å². The Labute approximate surface area is 96.8 Å². The molecule has 1 rings (SSSR count). The van der Waals surface area contributed by atoms with Crippen LogP contribution in [0, 0.1) is 21.4 Å². The Bertz CT molecular complexity index is 385. The van der Waals surface area contributed by atoms with Crippen molar-refractivity contribution in [2.75, 3.05) is 0 Å². The molecule has 0 atom stereocenters. The summed E-state index contributed by atoms with van der Waals surface area (Å²) in [5.41, 5.74) is 0.736. The fraction of sp³-hybridized carbons (Fsp3) is 0.300. The molecule has 0 spiro atoms. The molecule has 1 aromatic carbocycles. The van der Waals surface area contributed by atoms with Crippen LogP contribution in [-0.2, 0) is 5.33 Å². The normalized spacial score (nSPS) is 8.40. The van der Waals surface area contributed by atoms with Crippen LogP contribution in [0.25, 0.3) is 0 Å². The number of hydrogen-bond acceptors (Lipinski definition) is 3. The Morgan fingerprint density at radius 3 is 2.53 bits per heavy atom. The van der Waals surface area contributed by atoms with Crippen LogP contribution in [0.1, 0.15) is 25.0 Å². The van der Waals surface area contributed by atoms with Crippen molar-refractivity contribution in [1.29, 1.82) is 5.26 Å². The largest absolute Gasteiger partial charge is 0.287 e. The minimum atomic E-state index is -0.551. The predicted molar refractivity (Wildman–Crippen MR) is 61.8 cm³/mol. The molecule has 0 radical (unpaired) electrons. The standard InChI is InChI=1S/C8H5BrN2O2.C2H6/c9-4-6-1-2-7(5-10)8(3-6)11(12)13;1-2/h1-3H,4H2;1-2H3. The van der Waals surface area contributed by atoms with E-state index in [4.69, 9.17) is 5.26 Å². The van der Waals surface area contributed by atoms with Crippen LogP contribution in [0.4, 0.5) is 5.69 Å². The van der Waals surface area contributed by atoms with E-state index in [-0.39, 0.29) is 11.3 Å². The van der Waals surface area contributed by atoms with Crippen LogP contribution < -0.4 is 0 Å².